The molecule has 1 aromatic heterocycles. The highest BCUT2D eigenvalue weighted by atomic mass is 32.2. The van der Waals surface area contributed by atoms with Crippen molar-refractivity contribution in [1.82, 2.24) is 15.2 Å². The number of aromatic amines is 1. The van der Waals surface area contributed by atoms with Gasteiger partial charge in [0.2, 0.25) is 5.91 Å². The number of benzene rings is 1. The lowest BCUT2D eigenvalue weighted by Crippen LogP contribution is -2.40. The molecule has 0 fully saturated rings. The number of nitrogens with zero attached hydrogens (tertiary/aromatic N) is 2. The Bertz CT molecular complexity index is 570. The van der Waals surface area contributed by atoms with E-state index in [1.165, 1.54) is 18.1 Å². The van der Waals surface area contributed by atoms with E-state index in [9.17, 15) is 4.79 Å². The Hall–Kier alpha value is -1.86. The molecule has 0 radical (unpaired) electrons. The first-order valence-electron chi connectivity index (χ1n) is 6.80. The number of anilines is 1. The molecule has 6 nitrogen and oxygen atoms in total. The largest absolute Gasteiger partial charge is 0.325 e. The van der Waals surface area contributed by atoms with Crippen LogP contribution in [0.25, 0.3) is 0 Å². The monoisotopic (exact) mass is 305 g/mol. The number of hydrogen-bond acceptors (Lipinski definition) is 5. The molecule has 0 aliphatic heterocycles. The Morgan fingerprint density at radius 2 is 2.14 bits per heavy atom. The third-order valence-electron chi connectivity index (χ3n) is 3.29. The molecular weight excluding hydrogens is 286 g/mol. The lowest BCUT2D eigenvalue weighted by molar-refractivity contribution is -0.118. The van der Waals surface area contributed by atoms with Gasteiger partial charge in [-0.1, -0.05) is 32.0 Å². The van der Waals surface area contributed by atoms with Crippen LogP contribution in [0.3, 0.4) is 0 Å². The van der Waals surface area contributed by atoms with Crippen LogP contribution < -0.4 is 11.1 Å². The zero-order valence-electron chi connectivity index (χ0n) is 12.0. The van der Waals surface area contributed by atoms with Crippen LogP contribution in [0.1, 0.15) is 20.3 Å². The van der Waals surface area contributed by atoms with E-state index in [2.05, 4.69) is 20.5 Å². The number of rotatable bonds is 6. The molecule has 0 aliphatic carbocycles. The van der Waals surface area contributed by atoms with Crippen molar-refractivity contribution in [2.75, 3.05) is 5.32 Å². The topological polar surface area (TPSA) is 96.7 Å². The summed E-state index contributed by atoms with van der Waals surface area (Å²) < 4.78 is 0. The molecule has 7 heteroatoms. The van der Waals surface area contributed by atoms with Crippen molar-refractivity contribution < 1.29 is 4.79 Å². The van der Waals surface area contributed by atoms with Crippen molar-refractivity contribution in [1.29, 1.82) is 0 Å². The highest BCUT2D eigenvalue weighted by Crippen LogP contribution is 2.25. The Kier molecular flexibility index (Phi) is 5.35. The van der Waals surface area contributed by atoms with Crippen molar-refractivity contribution in [2.24, 2.45) is 11.7 Å². The number of carbonyl (C=O) groups is 1. The summed E-state index contributed by atoms with van der Waals surface area (Å²) in [5.74, 6) is 0.00580. The van der Waals surface area contributed by atoms with Crippen molar-refractivity contribution in [3.8, 4) is 0 Å². The quantitative estimate of drug-likeness (QED) is 0.760. The summed E-state index contributed by atoms with van der Waals surface area (Å²) in [5, 5.41) is 10.1. The smallest absolute Gasteiger partial charge is 0.241 e. The number of aromatic nitrogens is 3. The SMILES string of the molecule is CC[C@H](C)[C@H](N)C(=O)Nc1ccc(Sc2ncn[nH]2)cc1. The fourth-order valence-corrected chi connectivity index (χ4v) is 2.39. The van der Waals surface area contributed by atoms with E-state index in [-0.39, 0.29) is 11.8 Å². The number of amides is 1. The minimum absolute atomic E-state index is 0.153. The number of carbonyl (C=O) groups excluding carboxylic acids is 1. The van der Waals surface area contributed by atoms with Gasteiger partial charge in [0, 0.05) is 10.6 Å². The lowest BCUT2D eigenvalue weighted by Gasteiger charge is -2.17. The molecule has 0 unspecified atom stereocenters. The fourth-order valence-electron chi connectivity index (χ4n) is 1.70. The van der Waals surface area contributed by atoms with Gasteiger partial charge in [0.25, 0.3) is 0 Å². The summed E-state index contributed by atoms with van der Waals surface area (Å²) in [5.41, 5.74) is 6.64. The van der Waals surface area contributed by atoms with Crippen molar-refractivity contribution in [3.63, 3.8) is 0 Å². The van der Waals surface area contributed by atoms with Crippen LogP contribution in [-0.2, 0) is 4.79 Å². The summed E-state index contributed by atoms with van der Waals surface area (Å²) in [7, 11) is 0. The maximum Gasteiger partial charge on any atom is 0.241 e. The maximum atomic E-state index is 12.0. The van der Waals surface area contributed by atoms with Crippen LogP contribution >= 0.6 is 11.8 Å². The average molecular weight is 305 g/mol. The van der Waals surface area contributed by atoms with Crippen LogP contribution in [0.5, 0.6) is 0 Å². The molecule has 0 aliphatic rings. The van der Waals surface area contributed by atoms with Crippen LogP contribution in [0.15, 0.2) is 40.6 Å². The molecule has 1 amide bonds. The molecule has 21 heavy (non-hydrogen) atoms. The second-order valence-corrected chi connectivity index (χ2v) is 5.88. The summed E-state index contributed by atoms with van der Waals surface area (Å²) in [6, 6.07) is 7.04. The molecule has 0 spiro atoms. The number of nitrogens with two attached hydrogens (primary N) is 1. The minimum atomic E-state index is -0.488. The third-order valence-corrected chi connectivity index (χ3v) is 4.19. The van der Waals surface area contributed by atoms with E-state index < -0.39 is 6.04 Å². The maximum absolute atomic E-state index is 12.0. The Morgan fingerprint density at radius 3 is 2.71 bits per heavy atom. The molecule has 2 aromatic rings. The second-order valence-electron chi connectivity index (χ2n) is 4.82. The molecular formula is C14H19N5OS. The first-order valence-corrected chi connectivity index (χ1v) is 7.61. The van der Waals surface area contributed by atoms with Gasteiger partial charge < -0.3 is 11.1 Å². The van der Waals surface area contributed by atoms with Crippen LogP contribution in [0.2, 0.25) is 0 Å². The third kappa shape index (κ3) is 4.30. The van der Waals surface area contributed by atoms with E-state index in [1.807, 2.05) is 38.1 Å². The summed E-state index contributed by atoms with van der Waals surface area (Å²) >= 11 is 1.47. The van der Waals surface area contributed by atoms with Crippen molar-refractivity contribution in [3.05, 3.63) is 30.6 Å². The summed E-state index contributed by atoms with van der Waals surface area (Å²) in [6.45, 7) is 3.99. The molecule has 2 rings (SSSR count). The normalized spacial score (nSPS) is 13.7. The molecule has 2 atom stereocenters. The van der Waals surface area contributed by atoms with E-state index in [1.54, 1.807) is 0 Å². The van der Waals surface area contributed by atoms with E-state index in [0.717, 1.165) is 22.2 Å². The molecule has 0 saturated heterocycles. The van der Waals surface area contributed by atoms with Gasteiger partial charge in [0.1, 0.15) is 6.33 Å². The van der Waals surface area contributed by atoms with Gasteiger partial charge in [-0.05, 0) is 30.2 Å². The van der Waals surface area contributed by atoms with Gasteiger partial charge in [-0.3, -0.25) is 9.89 Å². The van der Waals surface area contributed by atoms with Gasteiger partial charge in [0.05, 0.1) is 6.04 Å². The Labute approximate surface area is 127 Å². The summed E-state index contributed by atoms with van der Waals surface area (Å²) in [6.07, 6.45) is 2.34. The molecule has 1 aromatic carbocycles. The standard InChI is InChI=1S/C14H19N5OS/c1-3-9(2)12(15)13(20)18-10-4-6-11(7-5-10)21-14-16-8-17-19-14/h4-9,12H,3,15H2,1-2H3,(H,18,20)(H,16,17,19)/t9-,12-/m0/s1. The van der Waals surface area contributed by atoms with Crippen molar-refractivity contribution in [2.45, 2.75) is 36.4 Å². The molecule has 0 saturated carbocycles. The molecule has 4 N–H and O–H groups in total. The van der Waals surface area contributed by atoms with Crippen LogP contribution in [0.4, 0.5) is 5.69 Å². The average Bonchev–Trinajstić information content (AvgIpc) is 3.00. The van der Waals surface area contributed by atoms with E-state index in [0.29, 0.717) is 0 Å². The van der Waals surface area contributed by atoms with Gasteiger partial charge >= 0.3 is 0 Å². The van der Waals surface area contributed by atoms with Crippen molar-refractivity contribution >= 4 is 23.4 Å². The first-order chi connectivity index (χ1) is 10.1. The Balaban J connectivity index is 1.94. The van der Waals surface area contributed by atoms with E-state index in [4.69, 9.17) is 5.73 Å². The predicted molar refractivity (Wildman–Crippen MR) is 83.0 cm³/mol. The molecule has 0 bridgehead atoms. The molecule has 1 heterocycles. The number of H-pyrrole nitrogens is 1. The highest BCUT2D eigenvalue weighted by molar-refractivity contribution is 7.99. The fraction of sp³-hybridized carbons (Fsp3) is 0.357. The lowest BCUT2D eigenvalue weighted by atomic mass is 9.99. The zero-order valence-corrected chi connectivity index (χ0v) is 12.9. The number of hydrogen-bond donors (Lipinski definition) is 3. The Morgan fingerprint density at radius 1 is 1.43 bits per heavy atom. The minimum Gasteiger partial charge on any atom is -0.325 e. The zero-order chi connectivity index (χ0) is 15.2. The first kappa shape index (κ1) is 15.5. The number of nitrogens with one attached hydrogen (secondary N) is 2. The van der Waals surface area contributed by atoms with E-state index >= 15 is 0 Å². The van der Waals surface area contributed by atoms with Gasteiger partial charge in [-0.25, -0.2) is 4.98 Å². The van der Waals surface area contributed by atoms with Gasteiger partial charge in [-0.15, -0.1) is 0 Å². The van der Waals surface area contributed by atoms with Crippen LogP contribution in [-0.4, -0.2) is 27.1 Å². The predicted octanol–water partition coefficient (Wildman–Crippen LogP) is 2.27. The van der Waals surface area contributed by atoms with Gasteiger partial charge in [0.15, 0.2) is 5.16 Å². The highest BCUT2D eigenvalue weighted by Gasteiger charge is 2.19. The van der Waals surface area contributed by atoms with Gasteiger partial charge in [-0.2, -0.15) is 5.10 Å². The second kappa shape index (κ2) is 7.24. The summed E-state index contributed by atoms with van der Waals surface area (Å²) in [4.78, 5) is 17.0. The van der Waals surface area contributed by atoms with Crippen LogP contribution in [0, 0.1) is 5.92 Å². The molecule has 112 valence electrons.